The van der Waals surface area contributed by atoms with Gasteiger partial charge in [-0.3, -0.25) is 0 Å². The summed E-state index contributed by atoms with van der Waals surface area (Å²) in [4.78, 5) is 2.26. The van der Waals surface area contributed by atoms with Gasteiger partial charge in [0, 0.05) is 12.1 Å². The quantitative estimate of drug-likeness (QED) is 0.690. The Kier molecular flexibility index (Phi) is 4.02. The first kappa shape index (κ1) is 10.0. The zero-order valence-corrected chi connectivity index (χ0v) is 8.64. The van der Waals surface area contributed by atoms with Crippen LogP contribution >= 0.6 is 0 Å². The predicted molar refractivity (Wildman–Crippen MR) is 53.4 cm³/mol. The van der Waals surface area contributed by atoms with E-state index in [9.17, 15) is 0 Å². The Labute approximate surface area is 76.3 Å². The van der Waals surface area contributed by atoms with Crippen molar-refractivity contribution in [2.24, 2.45) is 0 Å². The first-order chi connectivity index (χ1) is 5.68. The van der Waals surface area contributed by atoms with Crippen molar-refractivity contribution in [3.8, 4) is 0 Å². The van der Waals surface area contributed by atoms with Crippen molar-refractivity contribution in [1.82, 2.24) is 10.2 Å². The molecular weight excluding hydrogens is 148 g/mol. The van der Waals surface area contributed by atoms with Gasteiger partial charge in [0.15, 0.2) is 0 Å². The monoisotopic (exact) mass is 170 g/mol. The second kappa shape index (κ2) is 4.83. The number of rotatable bonds is 3. The van der Waals surface area contributed by atoms with Crippen LogP contribution in [0.1, 0.15) is 32.6 Å². The Morgan fingerprint density at radius 3 is 2.67 bits per heavy atom. The van der Waals surface area contributed by atoms with Gasteiger partial charge in [0.2, 0.25) is 0 Å². The lowest BCUT2D eigenvalue weighted by Crippen LogP contribution is -2.41. The van der Waals surface area contributed by atoms with E-state index in [1.165, 1.54) is 32.2 Å². The maximum Gasteiger partial charge on any atom is 0.00817 e. The minimum atomic E-state index is 0.742. The van der Waals surface area contributed by atoms with Gasteiger partial charge in [0.05, 0.1) is 0 Å². The largest absolute Gasteiger partial charge is 0.311 e. The second-order valence-electron chi connectivity index (χ2n) is 4.29. The van der Waals surface area contributed by atoms with Crippen molar-refractivity contribution in [1.29, 1.82) is 0 Å². The Hall–Kier alpha value is -0.0800. The van der Waals surface area contributed by atoms with Gasteiger partial charge in [-0.2, -0.15) is 0 Å². The second-order valence-corrected chi connectivity index (χ2v) is 4.29. The van der Waals surface area contributed by atoms with E-state index in [1.54, 1.807) is 0 Å². The van der Waals surface area contributed by atoms with Crippen LogP contribution < -0.4 is 5.32 Å². The van der Waals surface area contributed by atoms with Crippen molar-refractivity contribution in [3.63, 3.8) is 0 Å². The van der Waals surface area contributed by atoms with Gasteiger partial charge >= 0.3 is 0 Å². The molecule has 0 radical (unpaired) electrons. The number of hydrogen-bond acceptors (Lipinski definition) is 2. The first-order valence-electron chi connectivity index (χ1n) is 5.09. The fourth-order valence-corrected chi connectivity index (χ4v) is 1.88. The van der Waals surface area contributed by atoms with E-state index in [2.05, 4.69) is 31.2 Å². The van der Waals surface area contributed by atoms with E-state index in [0.29, 0.717) is 0 Å². The van der Waals surface area contributed by atoms with E-state index in [0.717, 1.165) is 12.1 Å². The molecule has 0 aromatic rings. The van der Waals surface area contributed by atoms with E-state index in [4.69, 9.17) is 0 Å². The molecule has 1 aliphatic rings. The number of nitrogens with zero attached hydrogens (tertiary/aromatic N) is 1. The van der Waals surface area contributed by atoms with Crippen LogP contribution in [0.2, 0.25) is 0 Å². The average Bonchev–Trinajstić information content (AvgIpc) is 2.01. The summed E-state index contributed by atoms with van der Waals surface area (Å²) in [7, 11) is 4.29. The lowest BCUT2D eigenvalue weighted by Gasteiger charge is -2.29. The minimum absolute atomic E-state index is 0.742. The summed E-state index contributed by atoms with van der Waals surface area (Å²) in [6.45, 7) is 3.51. The van der Waals surface area contributed by atoms with Crippen molar-refractivity contribution in [3.05, 3.63) is 0 Å². The normalized spacial score (nSPS) is 31.0. The van der Waals surface area contributed by atoms with Gasteiger partial charge in [0.25, 0.3) is 0 Å². The van der Waals surface area contributed by atoms with E-state index in [1.807, 2.05) is 0 Å². The van der Waals surface area contributed by atoms with E-state index < -0.39 is 0 Å². The molecule has 0 spiro atoms. The summed E-state index contributed by atoms with van der Waals surface area (Å²) in [6, 6.07) is 1.52. The molecule has 2 unspecified atom stereocenters. The number of hydrogen-bond donors (Lipinski definition) is 1. The van der Waals surface area contributed by atoms with Crippen LogP contribution in [0.4, 0.5) is 0 Å². The molecule has 1 saturated heterocycles. The highest BCUT2D eigenvalue weighted by Gasteiger charge is 2.16. The maximum atomic E-state index is 3.64. The fourth-order valence-electron chi connectivity index (χ4n) is 1.88. The molecule has 1 fully saturated rings. The van der Waals surface area contributed by atoms with Crippen molar-refractivity contribution >= 4 is 0 Å². The molecule has 2 atom stereocenters. The van der Waals surface area contributed by atoms with Crippen molar-refractivity contribution in [2.75, 3.05) is 20.6 Å². The Morgan fingerprint density at radius 1 is 1.33 bits per heavy atom. The Morgan fingerprint density at radius 2 is 2.08 bits per heavy atom. The van der Waals surface area contributed by atoms with E-state index >= 15 is 0 Å². The third-order valence-electron chi connectivity index (χ3n) is 2.63. The molecule has 0 aliphatic carbocycles. The van der Waals surface area contributed by atoms with Crippen LogP contribution in [0.3, 0.4) is 0 Å². The van der Waals surface area contributed by atoms with Crippen LogP contribution in [0.25, 0.3) is 0 Å². The van der Waals surface area contributed by atoms with Crippen LogP contribution in [0.5, 0.6) is 0 Å². The molecule has 1 N–H and O–H groups in total. The summed E-state index contributed by atoms with van der Waals surface area (Å²) < 4.78 is 0. The summed E-state index contributed by atoms with van der Waals surface area (Å²) in [5.74, 6) is 0. The van der Waals surface area contributed by atoms with Crippen molar-refractivity contribution < 1.29 is 0 Å². The summed E-state index contributed by atoms with van der Waals surface area (Å²) >= 11 is 0. The molecule has 2 heteroatoms. The minimum Gasteiger partial charge on any atom is -0.311 e. The highest BCUT2D eigenvalue weighted by molar-refractivity contribution is 4.77. The van der Waals surface area contributed by atoms with Crippen LogP contribution in [-0.2, 0) is 0 Å². The topological polar surface area (TPSA) is 15.3 Å². The molecule has 2 nitrogen and oxygen atoms in total. The molecule has 72 valence electrons. The number of nitrogens with one attached hydrogen (secondary N) is 1. The molecule has 1 aliphatic heterocycles. The van der Waals surface area contributed by atoms with Crippen molar-refractivity contribution in [2.45, 2.75) is 44.7 Å². The Bertz CT molecular complexity index is 123. The molecule has 0 saturated carbocycles. The zero-order valence-electron chi connectivity index (χ0n) is 8.64. The van der Waals surface area contributed by atoms with Gasteiger partial charge in [0.1, 0.15) is 0 Å². The summed E-state index contributed by atoms with van der Waals surface area (Å²) in [5.41, 5.74) is 0. The first-order valence-corrected chi connectivity index (χ1v) is 5.09. The average molecular weight is 170 g/mol. The SMILES string of the molecule is CC1CCCC(CCN(C)C)N1. The van der Waals surface area contributed by atoms with Crippen LogP contribution in [-0.4, -0.2) is 37.6 Å². The standard InChI is InChI=1S/C10H22N2/c1-9-5-4-6-10(11-9)7-8-12(2)3/h9-11H,4-8H2,1-3H3. The van der Waals surface area contributed by atoms with Gasteiger partial charge in [-0.1, -0.05) is 6.42 Å². The molecular formula is C10H22N2. The molecule has 1 rings (SSSR count). The van der Waals surface area contributed by atoms with Gasteiger partial charge in [-0.25, -0.2) is 0 Å². The van der Waals surface area contributed by atoms with Crippen LogP contribution in [0, 0.1) is 0 Å². The highest BCUT2D eigenvalue weighted by Crippen LogP contribution is 2.14. The number of piperidine rings is 1. The van der Waals surface area contributed by atoms with Gasteiger partial charge in [-0.15, -0.1) is 0 Å². The highest BCUT2D eigenvalue weighted by atomic mass is 15.1. The third-order valence-corrected chi connectivity index (χ3v) is 2.63. The lowest BCUT2D eigenvalue weighted by molar-refractivity contribution is 0.288. The predicted octanol–water partition coefficient (Wildman–Crippen LogP) is 1.47. The molecule has 12 heavy (non-hydrogen) atoms. The lowest BCUT2D eigenvalue weighted by atomic mass is 9.97. The molecule has 0 aromatic carbocycles. The van der Waals surface area contributed by atoms with Gasteiger partial charge < -0.3 is 10.2 Å². The molecule has 0 aromatic heterocycles. The fraction of sp³-hybridized carbons (Fsp3) is 1.00. The smallest absolute Gasteiger partial charge is 0.00817 e. The van der Waals surface area contributed by atoms with Crippen LogP contribution in [0.15, 0.2) is 0 Å². The third kappa shape index (κ3) is 3.55. The molecule has 1 heterocycles. The molecule has 0 amide bonds. The zero-order chi connectivity index (χ0) is 8.97. The van der Waals surface area contributed by atoms with Gasteiger partial charge in [-0.05, 0) is 46.8 Å². The maximum absolute atomic E-state index is 3.64. The summed E-state index contributed by atoms with van der Waals surface area (Å²) in [5, 5.41) is 3.64. The van der Waals surface area contributed by atoms with E-state index in [-0.39, 0.29) is 0 Å². The molecule has 0 bridgehead atoms. The summed E-state index contributed by atoms with van der Waals surface area (Å²) in [6.07, 6.45) is 5.44. The Balaban J connectivity index is 2.14.